The Morgan fingerprint density at radius 1 is 1.69 bits per heavy atom. The van der Waals surface area contributed by atoms with Crippen molar-refractivity contribution in [3.63, 3.8) is 0 Å². The Kier molecular flexibility index (Phi) is 4.95. The van der Waals surface area contributed by atoms with Crippen LogP contribution in [-0.2, 0) is 13.9 Å². The van der Waals surface area contributed by atoms with Gasteiger partial charge in [-0.2, -0.15) is 0 Å². The van der Waals surface area contributed by atoms with Gasteiger partial charge in [0.05, 0.1) is 0 Å². The summed E-state index contributed by atoms with van der Waals surface area (Å²) in [5.74, 6) is -0.125. The molecule has 0 fully saturated rings. The molecule has 1 N–H and O–H groups in total. The summed E-state index contributed by atoms with van der Waals surface area (Å²) >= 11 is 7.01. The molecule has 1 rings (SSSR count). The highest BCUT2D eigenvalue weighted by molar-refractivity contribution is 7.53. The molecule has 0 saturated carbocycles. The van der Waals surface area contributed by atoms with Gasteiger partial charge in [-0.05, 0) is 11.4 Å². The monoisotopic (exact) mass is 284 g/mol. The Hall–Kier alpha value is -0.390. The SMILES string of the molecule is COP(=O)(O)CC(=O)COc1ccsc1Cl. The second-order valence-electron chi connectivity index (χ2n) is 2.86. The number of ketones is 1. The van der Waals surface area contributed by atoms with Crippen molar-refractivity contribution in [3.8, 4) is 5.75 Å². The highest BCUT2D eigenvalue weighted by atomic mass is 35.5. The lowest BCUT2D eigenvalue weighted by Gasteiger charge is -2.08. The van der Waals surface area contributed by atoms with Gasteiger partial charge in [-0.25, -0.2) is 0 Å². The third-order valence-corrected chi connectivity index (χ3v) is 4.09. The molecule has 1 unspecified atom stereocenters. The molecule has 0 bridgehead atoms. The van der Waals surface area contributed by atoms with Crippen molar-refractivity contribution in [2.75, 3.05) is 19.9 Å². The first-order chi connectivity index (χ1) is 7.44. The Labute approximate surface area is 101 Å². The predicted octanol–water partition coefficient (Wildman–Crippen LogP) is 2.18. The maximum absolute atomic E-state index is 11.2. The Balaban J connectivity index is 2.42. The fraction of sp³-hybridized carbons (Fsp3) is 0.375. The lowest BCUT2D eigenvalue weighted by Crippen LogP contribution is -2.15. The van der Waals surface area contributed by atoms with Gasteiger partial charge in [-0.1, -0.05) is 11.6 Å². The molecule has 0 aliphatic carbocycles. The van der Waals surface area contributed by atoms with Crippen LogP contribution in [0.1, 0.15) is 0 Å². The van der Waals surface area contributed by atoms with Crippen molar-refractivity contribution in [3.05, 3.63) is 15.8 Å². The Bertz CT molecular complexity index is 418. The molecular weight excluding hydrogens is 275 g/mol. The Morgan fingerprint density at radius 2 is 2.38 bits per heavy atom. The zero-order valence-corrected chi connectivity index (χ0v) is 10.8. The molecule has 1 heterocycles. The molecule has 0 saturated heterocycles. The molecule has 0 spiro atoms. The van der Waals surface area contributed by atoms with E-state index in [4.69, 9.17) is 21.2 Å². The van der Waals surface area contributed by atoms with Crippen LogP contribution >= 0.6 is 30.5 Å². The van der Waals surface area contributed by atoms with Gasteiger partial charge in [-0.15, -0.1) is 11.3 Å². The number of halogens is 1. The molecule has 0 aliphatic rings. The summed E-state index contributed by atoms with van der Waals surface area (Å²) in [6, 6.07) is 1.62. The molecular formula is C8H10ClO5PS. The molecule has 0 amide bonds. The number of carbonyl (C=O) groups excluding carboxylic acids is 1. The van der Waals surface area contributed by atoms with E-state index in [1.54, 1.807) is 11.4 Å². The fourth-order valence-electron chi connectivity index (χ4n) is 0.875. The van der Waals surface area contributed by atoms with E-state index in [9.17, 15) is 9.36 Å². The van der Waals surface area contributed by atoms with Crippen LogP contribution in [0.25, 0.3) is 0 Å². The number of carbonyl (C=O) groups is 1. The van der Waals surface area contributed by atoms with Crippen molar-refractivity contribution in [1.82, 2.24) is 0 Å². The first-order valence-electron chi connectivity index (χ1n) is 4.19. The number of rotatable bonds is 6. The summed E-state index contributed by atoms with van der Waals surface area (Å²) in [5.41, 5.74) is 0. The molecule has 1 aromatic rings. The molecule has 0 aromatic carbocycles. The van der Waals surface area contributed by atoms with Crippen molar-refractivity contribution >= 4 is 36.3 Å². The lowest BCUT2D eigenvalue weighted by molar-refractivity contribution is -0.118. The van der Waals surface area contributed by atoms with Gasteiger partial charge >= 0.3 is 7.60 Å². The standard InChI is InChI=1S/C8H10ClO5PS/c1-13-15(11,12)5-6(10)4-14-7-2-3-16-8(7)9/h2-3H,4-5H2,1H3,(H,11,12). The van der Waals surface area contributed by atoms with Crippen LogP contribution in [0.2, 0.25) is 4.34 Å². The first-order valence-corrected chi connectivity index (χ1v) is 7.21. The van der Waals surface area contributed by atoms with E-state index in [0.29, 0.717) is 10.1 Å². The van der Waals surface area contributed by atoms with Crippen molar-refractivity contribution in [2.45, 2.75) is 0 Å². The van der Waals surface area contributed by atoms with Crippen LogP contribution in [0.3, 0.4) is 0 Å². The highest BCUT2D eigenvalue weighted by Gasteiger charge is 2.22. The molecule has 0 aliphatic heterocycles. The van der Waals surface area contributed by atoms with E-state index in [-0.39, 0.29) is 6.61 Å². The van der Waals surface area contributed by atoms with E-state index in [0.717, 1.165) is 7.11 Å². The molecule has 90 valence electrons. The summed E-state index contributed by atoms with van der Waals surface area (Å²) in [6.07, 6.45) is -0.564. The average Bonchev–Trinajstić information content (AvgIpc) is 2.60. The zero-order valence-electron chi connectivity index (χ0n) is 8.38. The van der Waals surface area contributed by atoms with Gasteiger partial charge in [-0.3, -0.25) is 9.36 Å². The summed E-state index contributed by atoms with van der Waals surface area (Å²) < 4.78 is 20.8. The number of thiophene rings is 1. The van der Waals surface area contributed by atoms with Crippen LogP contribution < -0.4 is 4.74 Å². The summed E-state index contributed by atoms with van der Waals surface area (Å²) in [6.45, 7) is -0.301. The minimum atomic E-state index is -3.81. The van der Waals surface area contributed by atoms with Crippen molar-refractivity contribution in [2.24, 2.45) is 0 Å². The topological polar surface area (TPSA) is 72.8 Å². The fourth-order valence-corrected chi connectivity index (χ4v) is 2.37. The summed E-state index contributed by atoms with van der Waals surface area (Å²) in [5, 5.41) is 1.72. The van der Waals surface area contributed by atoms with Crippen LogP contribution in [0.5, 0.6) is 5.75 Å². The summed E-state index contributed by atoms with van der Waals surface area (Å²) in [4.78, 5) is 20.3. The molecule has 1 atom stereocenters. The van der Waals surface area contributed by atoms with Crippen LogP contribution in [0.4, 0.5) is 0 Å². The van der Waals surface area contributed by atoms with Gasteiger partial charge in [0.1, 0.15) is 22.9 Å². The second kappa shape index (κ2) is 5.80. The van der Waals surface area contributed by atoms with Crippen LogP contribution in [0, 0.1) is 0 Å². The van der Waals surface area contributed by atoms with Gasteiger partial charge in [0, 0.05) is 7.11 Å². The lowest BCUT2D eigenvalue weighted by atomic mass is 10.5. The van der Waals surface area contributed by atoms with E-state index in [1.807, 2.05) is 0 Å². The number of Topliss-reactive ketones (excluding diaryl/α,β-unsaturated/α-hetero) is 1. The van der Waals surface area contributed by atoms with E-state index >= 15 is 0 Å². The predicted molar refractivity (Wildman–Crippen MR) is 61.5 cm³/mol. The van der Waals surface area contributed by atoms with Crippen LogP contribution in [0.15, 0.2) is 11.4 Å². The third kappa shape index (κ3) is 4.23. The van der Waals surface area contributed by atoms with Gasteiger partial charge in [0.25, 0.3) is 0 Å². The number of hydrogen-bond donors (Lipinski definition) is 1. The van der Waals surface area contributed by atoms with E-state index in [1.165, 1.54) is 11.3 Å². The van der Waals surface area contributed by atoms with Crippen molar-refractivity contribution in [1.29, 1.82) is 0 Å². The largest absolute Gasteiger partial charge is 0.483 e. The minimum Gasteiger partial charge on any atom is -0.483 e. The Morgan fingerprint density at radius 3 is 2.88 bits per heavy atom. The van der Waals surface area contributed by atoms with Gasteiger partial charge < -0.3 is 14.2 Å². The quantitative estimate of drug-likeness (QED) is 0.811. The minimum absolute atomic E-state index is 0.301. The number of ether oxygens (including phenoxy) is 1. The third-order valence-electron chi connectivity index (χ3n) is 1.63. The maximum Gasteiger partial charge on any atom is 0.335 e. The molecule has 0 radical (unpaired) electrons. The van der Waals surface area contributed by atoms with Crippen molar-refractivity contribution < 1.29 is 23.5 Å². The first kappa shape index (κ1) is 13.7. The maximum atomic E-state index is 11.2. The van der Waals surface area contributed by atoms with Gasteiger partial charge in [0.15, 0.2) is 5.78 Å². The molecule has 1 aromatic heterocycles. The van der Waals surface area contributed by atoms with E-state index in [2.05, 4.69) is 4.52 Å². The molecule has 8 heteroatoms. The van der Waals surface area contributed by atoms with E-state index < -0.39 is 19.5 Å². The smallest absolute Gasteiger partial charge is 0.335 e. The summed E-state index contributed by atoms with van der Waals surface area (Å²) in [7, 11) is -2.73. The number of hydrogen-bond acceptors (Lipinski definition) is 5. The zero-order chi connectivity index (χ0) is 12.2. The normalized spacial score (nSPS) is 14.4. The van der Waals surface area contributed by atoms with Crippen LogP contribution in [-0.4, -0.2) is 30.6 Å². The second-order valence-corrected chi connectivity index (χ2v) is 6.34. The molecule has 16 heavy (non-hydrogen) atoms. The van der Waals surface area contributed by atoms with Gasteiger partial charge in [0.2, 0.25) is 0 Å². The average molecular weight is 285 g/mol. The molecule has 5 nitrogen and oxygen atoms in total. The highest BCUT2D eigenvalue weighted by Crippen LogP contribution is 2.40.